The Hall–Kier alpha value is -1.03. The second-order valence-corrected chi connectivity index (χ2v) is 6.04. The van der Waals surface area contributed by atoms with Gasteiger partial charge in [0.15, 0.2) is 5.17 Å². The van der Waals surface area contributed by atoms with Crippen molar-refractivity contribution in [3.05, 3.63) is 35.6 Å². The zero-order chi connectivity index (χ0) is 13.0. The summed E-state index contributed by atoms with van der Waals surface area (Å²) in [4.78, 5) is 4.49. The molecule has 1 saturated heterocycles. The molecule has 0 bridgehead atoms. The summed E-state index contributed by atoms with van der Waals surface area (Å²) in [7, 11) is 0. The van der Waals surface area contributed by atoms with Crippen molar-refractivity contribution < 1.29 is 4.39 Å². The first-order valence-corrected chi connectivity index (χ1v) is 7.30. The van der Waals surface area contributed by atoms with Gasteiger partial charge in [0.2, 0.25) is 0 Å². The van der Waals surface area contributed by atoms with Gasteiger partial charge in [0.05, 0.1) is 6.54 Å². The number of halogens is 1. The first-order chi connectivity index (χ1) is 8.63. The van der Waals surface area contributed by atoms with Crippen molar-refractivity contribution >= 4 is 16.9 Å². The molecule has 1 aromatic rings. The van der Waals surface area contributed by atoms with Crippen LogP contribution in [-0.4, -0.2) is 17.0 Å². The van der Waals surface area contributed by atoms with Crippen molar-refractivity contribution in [2.24, 2.45) is 10.9 Å². The Morgan fingerprint density at radius 2 is 2.33 bits per heavy atom. The zero-order valence-electron chi connectivity index (χ0n) is 10.8. The Kier molecular flexibility index (Phi) is 4.64. The van der Waals surface area contributed by atoms with Crippen LogP contribution in [0.3, 0.4) is 0 Å². The summed E-state index contributed by atoms with van der Waals surface area (Å²) in [5.41, 5.74) is 0.914. The molecular formula is C14H19FN2S. The third kappa shape index (κ3) is 4.02. The minimum absolute atomic E-state index is 0.197. The minimum Gasteiger partial charge on any atom is -0.361 e. The van der Waals surface area contributed by atoms with Crippen molar-refractivity contribution in [1.82, 2.24) is 5.32 Å². The third-order valence-corrected chi connectivity index (χ3v) is 3.89. The number of nitrogens with zero attached hydrogens (tertiary/aromatic N) is 1. The summed E-state index contributed by atoms with van der Waals surface area (Å²) in [6.07, 6.45) is 1.17. The number of hydrogen-bond donors (Lipinski definition) is 1. The van der Waals surface area contributed by atoms with E-state index in [2.05, 4.69) is 24.2 Å². The van der Waals surface area contributed by atoms with Crippen LogP contribution in [0.15, 0.2) is 29.3 Å². The molecule has 1 heterocycles. The molecule has 18 heavy (non-hydrogen) atoms. The van der Waals surface area contributed by atoms with Crippen LogP contribution in [0.25, 0.3) is 0 Å². The molecule has 98 valence electrons. The highest BCUT2D eigenvalue weighted by Crippen LogP contribution is 2.19. The van der Waals surface area contributed by atoms with E-state index in [1.54, 1.807) is 17.8 Å². The lowest BCUT2D eigenvalue weighted by Crippen LogP contribution is -2.28. The van der Waals surface area contributed by atoms with Crippen LogP contribution in [0.4, 0.5) is 4.39 Å². The van der Waals surface area contributed by atoms with Crippen LogP contribution in [0.1, 0.15) is 25.8 Å². The first-order valence-electron chi connectivity index (χ1n) is 6.31. The number of hydrogen-bond acceptors (Lipinski definition) is 2. The van der Waals surface area contributed by atoms with Crippen LogP contribution >= 0.6 is 11.8 Å². The van der Waals surface area contributed by atoms with E-state index < -0.39 is 0 Å². The monoisotopic (exact) mass is 266 g/mol. The van der Waals surface area contributed by atoms with Crippen LogP contribution < -0.4 is 5.32 Å². The molecule has 1 atom stereocenters. The molecule has 1 aliphatic heterocycles. The predicted octanol–water partition coefficient (Wildman–Crippen LogP) is 3.43. The maximum absolute atomic E-state index is 13.0. The van der Waals surface area contributed by atoms with Crippen molar-refractivity contribution in [3.8, 4) is 0 Å². The maximum Gasteiger partial charge on any atom is 0.157 e. The Balaban J connectivity index is 1.88. The van der Waals surface area contributed by atoms with E-state index in [1.807, 2.05) is 6.07 Å². The van der Waals surface area contributed by atoms with Gasteiger partial charge in [-0.2, -0.15) is 0 Å². The van der Waals surface area contributed by atoms with Crippen molar-refractivity contribution in [2.75, 3.05) is 5.75 Å². The van der Waals surface area contributed by atoms with Gasteiger partial charge in [-0.25, -0.2) is 4.39 Å². The molecule has 0 aromatic heterocycles. The standard InChI is InChI=1S/C14H19FN2S/c1-10(2)6-13-9-18-14(17-13)16-8-11-4-3-5-12(15)7-11/h3-5,7,10,13H,6,8-9H2,1-2H3,(H,16,17). The molecule has 0 saturated carbocycles. The number of thioether (sulfide) groups is 1. The van der Waals surface area contributed by atoms with E-state index in [4.69, 9.17) is 0 Å². The van der Waals surface area contributed by atoms with E-state index in [1.165, 1.54) is 18.6 Å². The second-order valence-electron chi connectivity index (χ2n) is 5.03. The lowest BCUT2D eigenvalue weighted by atomic mass is 10.1. The van der Waals surface area contributed by atoms with Crippen LogP contribution in [0, 0.1) is 11.7 Å². The molecule has 2 nitrogen and oxygen atoms in total. The first kappa shape index (κ1) is 13.4. The Morgan fingerprint density at radius 3 is 3.06 bits per heavy atom. The van der Waals surface area contributed by atoms with Gasteiger partial charge < -0.3 is 5.32 Å². The molecule has 0 spiro atoms. The smallest absolute Gasteiger partial charge is 0.157 e. The normalized spacial score (nSPS) is 21.6. The summed E-state index contributed by atoms with van der Waals surface area (Å²) >= 11 is 1.76. The Morgan fingerprint density at radius 1 is 1.50 bits per heavy atom. The zero-order valence-corrected chi connectivity index (χ0v) is 11.6. The quantitative estimate of drug-likeness (QED) is 0.903. The van der Waals surface area contributed by atoms with Gasteiger partial charge in [-0.05, 0) is 30.0 Å². The van der Waals surface area contributed by atoms with E-state index in [9.17, 15) is 4.39 Å². The molecule has 1 unspecified atom stereocenters. The summed E-state index contributed by atoms with van der Waals surface area (Å²) in [5.74, 6) is 1.59. The van der Waals surface area contributed by atoms with E-state index in [0.717, 1.165) is 16.5 Å². The molecule has 1 aromatic carbocycles. The highest BCUT2D eigenvalue weighted by Gasteiger charge is 2.20. The van der Waals surface area contributed by atoms with Gasteiger partial charge in [0, 0.05) is 11.8 Å². The number of amidine groups is 1. The molecule has 1 aliphatic rings. The average molecular weight is 266 g/mol. The summed E-state index contributed by atoms with van der Waals surface area (Å²) in [5, 5.41) is 4.42. The maximum atomic E-state index is 13.0. The van der Waals surface area contributed by atoms with Gasteiger partial charge in [-0.3, -0.25) is 4.99 Å². The average Bonchev–Trinajstić information content (AvgIpc) is 2.73. The Labute approximate surface area is 112 Å². The van der Waals surface area contributed by atoms with Crippen molar-refractivity contribution in [3.63, 3.8) is 0 Å². The molecule has 1 fully saturated rings. The fourth-order valence-electron chi connectivity index (χ4n) is 2.02. The molecule has 1 N–H and O–H groups in total. The SMILES string of the molecule is CC(C)CC1CSC(=NCc2cccc(F)c2)N1. The lowest BCUT2D eigenvalue weighted by molar-refractivity contribution is 0.502. The topological polar surface area (TPSA) is 24.4 Å². The molecule has 4 heteroatoms. The van der Waals surface area contributed by atoms with Crippen molar-refractivity contribution in [2.45, 2.75) is 32.9 Å². The predicted molar refractivity (Wildman–Crippen MR) is 76.4 cm³/mol. The number of benzene rings is 1. The molecule has 2 rings (SSSR count). The van der Waals surface area contributed by atoms with Gasteiger partial charge in [0.1, 0.15) is 5.82 Å². The summed E-state index contributed by atoms with van der Waals surface area (Å²) in [6, 6.07) is 7.15. The number of rotatable bonds is 4. The molecular weight excluding hydrogens is 247 g/mol. The van der Waals surface area contributed by atoms with E-state index >= 15 is 0 Å². The largest absolute Gasteiger partial charge is 0.361 e. The molecule has 0 radical (unpaired) electrons. The van der Waals surface area contributed by atoms with Gasteiger partial charge >= 0.3 is 0 Å². The Bertz CT molecular complexity index is 432. The number of nitrogens with one attached hydrogen (secondary N) is 1. The van der Waals surface area contributed by atoms with Gasteiger partial charge in [0.25, 0.3) is 0 Å². The highest BCUT2D eigenvalue weighted by atomic mass is 32.2. The lowest BCUT2D eigenvalue weighted by Gasteiger charge is -2.11. The van der Waals surface area contributed by atoms with Crippen LogP contribution in [0.5, 0.6) is 0 Å². The van der Waals surface area contributed by atoms with E-state index in [-0.39, 0.29) is 5.82 Å². The highest BCUT2D eigenvalue weighted by molar-refractivity contribution is 8.14. The van der Waals surface area contributed by atoms with Crippen LogP contribution in [0.2, 0.25) is 0 Å². The summed E-state index contributed by atoms with van der Waals surface area (Å²) < 4.78 is 13.0. The fourth-order valence-corrected chi connectivity index (χ4v) is 3.01. The molecule has 0 amide bonds. The second kappa shape index (κ2) is 6.23. The fraction of sp³-hybridized carbons (Fsp3) is 0.500. The van der Waals surface area contributed by atoms with Gasteiger partial charge in [-0.15, -0.1) is 0 Å². The van der Waals surface area contributed by atoms with E-state index in [0.29, 0.717) is 18.5 Å². The van der Waals surface area contributed by atoms with Gasteiger partial charge in [-0.1, -0.05) is 37.7 Å². The summed E-state index contributed by atoms with van der Waals surface area (Å²) in [6.45, 7) is 5.00. The number of aliphatic imine (C=N–C) groups is 1. The van der Waals surface area contributed by atoms with Crippen LogP contribution in [-0.2, 0) is 6.54 Å². The minimum atomic E-state index is -0.197. The van der Waals surface area contributed by atoms with Crippen molar-refractivity contribution in [1.29, 1.82) is 0 Å². The molecule has 0 aliphatic carbocycles. The third-order valence-electron chi connectivity index (χ3n) is 2.80.